The molecule has 5 nitrogen and oxygen atoms in total. The van der Waals surface area contributed by atoms with Crippen LogP contribution < -0.4 is 9.46 Å². The number of hydrogen-bond acceptors (Lipinski definition) is 4. The largest absolute Gasteiger partial charge is 0.494 e. The van der Waals surface area contributed by atoms with Crippen LogP contribution in [-0.2, 0) is 16.6 Å². The van der Waals surface area contributed by atoms with Gasteiger partial charge in [0.05, 0.1) is 11.5 Å². The molecule has 0 radical (unpaired) electrons. The zero-order chi connectivity index (χ0) is 17.0. The molecule has 6 heteroatoms. The molecule has 0 amide bonds. The number of ether oxygens (including phenoxy) is 1. The zero-order valence-electron chi connectivity index (χ0n) is 13.3. The SMILES string of the molecule is CCOc1ccc2cc(S(=O)(=O)NCc3cccnc3)ccc2c1. The Morgan fingerprint density at radius 3 is 2.62 bits per heavy atom. The van der Waals surface area contributed by atoms with Crippen LogP contribution in [0.1, 0.15) is 12.5 Å². The Balaban J connectivity index is 1.83. The fourth-order valence-corrected chi connectivity index (χ4v) is 3.44. The summed E-state index contributed by atoms with van der Waals surface area (Å²) in [4.78, 5) is 4.21. The first-order valence-corrected chi connectivity index (χ1v) is 9.12. The number of rotatable bonds is 6. The Bertz CT molecular complexity index is 941. The predicted molar refractivity (Wildman–Crippen MR) is 93.4 cm³/mol. The summed E-state index contributed by atoms with van der Waals surface area (Å²) in [6.45, 7) is 2.72. The predicted octanol–water partition coefficient (Wildman–Crippen LogP) is 3.11. The van der Waals surface area contributed by atoms with Gasteiger partial charge in [-0.15, -0.1) is 0 Å². The summed E-state index contributed by atoms with van der Waals surface area (Å²) >= 11 is 0. The Morgan fingerprint density at radius 2 is 1.88 bits per heavy atom. The van der Waals surface area contributed by atoms with Crippen LogP contribution in [0.15, 0.2) is 65.8 Å². The molecule has 1 heterocycles. The maximum atomic E-state index is 12.5. The van der Waals surface area contributed by atoms with Gasteiger partial charge in [-0.1, -0.05) is 18.2 Å². The third-order valence-corrected chi connectivity index (χ3v) is 4.99. The number of benzene rings is 2. The van der Waals surface area contributed by atoms with Gasteiger partial charge >= 0.3 is 0 Å². The molecule has 1 N–H and O–H groups in total. The lowest BCUT2D eigenvalue weighted by Gasteiger charge is -2.09. The minimum Gasteiger partial charge on any atom is -0.494 e. The molecule has 0 bridgehead atoms. The van der Waals surface area contributed by atoms with Crippen molar-refractivity contribution in [1.29, 1.82) is 0 Å². The average Bonchev–Trinajstić information content (AvgIpc) is 2.61. The van der Waals surface area contributed by atoms with Crippen LogP contribution in [0.5, 0.6) is 5.75 Å². The van der Waals surface area contributed by atoms with E-state index in [0.717, 1.165) is 22.1 Å². The third-order valence-electron chi connectivity index (χ3n) is 3.59. The molecule has 0 unspecified atom stereocenters. The van der Waals surface area contributed by atoms with Crippen LogP contribution in [0, 0.1) is 0 Å². The quantitative estimate of drug-likeness (QED) is 0.747. The molecule has 0 saturated heterocycles. The van der Waals surface area contributed by atoms with Crippen molar-refractivity contribution in [2.45, 2.75) is 18.4 Å². The third kappa shape index (κ3) is 3.72. The van der Waals surface area contributed by atoms with E-state index in [0.29, 0.717) is 6.61 Å². The lowest BCUT2D eigenvalue weighted by atomic mass is 10.1. The molecule has 0 aliphatic rings. The van der Waals surface area contributed by atoms with Gasteiger partial charge < -0.3 is 4.74 Å². The Labute approximate surface area is 141 Å². The van der Waals surface area contributed by atoms with Crippen molar-refractivity contribution in [3.63, 3.8) is 0 Å². The Morgan fingerprint density at radius 1 is 1.08 bits per heavy atom. The van der Waals surface area contributed by atoms with E-state index in [1.807, 2.05) is 31.2 Å². The van der Waals surface area contributed by atoms with Gasteiger partial charge in [0.1, 0.15) is 5.75 Å². The second kappa shape index (κ2) is 6.98. The Hall–Kier alpha value is -2.44. The number of aromatic nitrogens is 1. The van der Waals surface area contributed by atoms with E-state index in [9.17, 15) is 8.42 Å². The van der Waals surface area contributed by atoms with E-state index in [1.54, 1.807) is 36.7 Å². The first-order valence-electron chi connectivity index (χ1n) is 7.64. The molecule has 24 heavy (non-hydrogen) atoms. The van der Waals surface area contributed by atoms with E-state index in [2.05, 4.69) is 9.71 Å². The molecule has 1 aromatic heterocycles. The maximum Gasteiger partial charge on any atom is 0.240 e. The van der Waals surface area contributed by atoms with Crippen molar-refractivity contribution >= 4 is 20.8 Å². The first kappa shape index (κ1) is 16.4. The average molecular weight is 342 g/mol. The molecular weight excluding hydrogens is 324 g/mol. The minimum atomic E-state index is -3.58. The second-order valence-electron chi connectivity index (χ2n) is 5.29. The molecule has 0 fully saturated rings. The van der Waals surface area contributed by atoms with E-state index in [4.69, 9.17) is 4.74 Å². The van der Waals surface area contributed by atoms with Gasteiger partial charge in [0, 0.05) is 18.9 Å². The fraction of sp³-hybridized carbons (Fsp3) is 0.167. The highest BCUT2D eigenvalue weighted by molar-refractivity contribution is 7.89. The summed E-state index contributed by atoms with van der Waals surface area (Å²) in [5.74, 6) is 0.773. The highest BCUT2D eigenvalue weighted by Gasteiger charge is 2.14. The van der Waals surface area contributed by atoms with Crippen LogP contribution in [-0.4, -0.2) is 20.0 Å². The van der Waals surface area contributed by atoms with Crippen molar-refractivity contribution < 1.29 is 13.2 Å². The van der Waals surface area contributed by atoms with E-state index in [-0.39, 0.29) is 11.4 Å². The number of nitrogens with one attached hydrogen (secondary N) is 1. The minimum absolute atomic E-state index is 0.206. The molecule has 3 rings (SSSR count). The maximum absolute atomic E-state index is 12.5. The molecule has 3 aromatic rings. The van der Waals surface area contributed by atoms with E-state index >= 15 is 0 Å². The van der Waals surface area contributed by atoms with Gasteiger partial charge in [-0.3, -0.25) is 4.98 Å². The smallest absolute Gasteiger partial charge is 0.240 e. The highest BCUT2D eigenvalue weighted by Crippen LogP contribution is 2.24. The molecule has 2 aromatic carbocycles. The van der Waals surface area contributed by atoms with Crippen LogP contribution in [0.25, 0.3) is 10.8 Å². The van der Waals surface area contributed by atoms with E-state index < -0.39 is 10.0 Å². The molecule has 0 aliphatic heterocycles. The van der Waals surface area contributed by atoms with Gasteiger partial charge in [0.25, 0.3) is 0 Å². The number of fused-ring (bicyclic) bond motifs is 1. The number of hydrogen-bond donors (Lipinski definition) is 1. The highest BCUT2D eigenvalue weighted by atomic mass is 32.2. The molecule has 0 atom stereocenters. The van der Waals surface area contributed by atoms with Crippen LogP contribution in [0.4, 0.5) is 0 Å². The monoisotopic (exact) mass is 342 g/mol. The number of pyridine rings is 1. The zero-order valence-corrected chi connectivity index (χ0v) is 14.1. The lowest BCUT2D eigenvalue weighted by molar-refractivity contribution is 0.341. The summed E-state index contributed by atoms with van der Waals surface area (Å²) < 4.78 is 33.0. The van der Waals surface area contributed by atoms with Gasteiger partial charge in [0.15, 0.2) is 0 Å². The summed E-state index contributed by atoms with van der Waals surface area (Å²) in [6.07, 6.45) is 3.29. The first-order chi connectivity index (χ1) is 11.6. The molecule has 124 valence electrons. The fourth-order valence-electron chi connectivity index (χ4n) is 2.39. The normalized spacial score (nSPS) is 11.5. The summed E-state index contributed by atoms with van der Waals surface area (Å²) in [5.41, 5.74) is 0.809. The van der Waals surface area contributed by atoms with Gasteiger partial charge in [-0.05, 0) is 53.6 Å². The summed E-state index contributed by atoms with van der Waals surface area (Å²) in [6, 6.07) is 14.3. The van der Waals surface area contributed by atoms with Crippen molar-refractivity contribution in [3.05, 3.63) is 66.5 Å². The van der Waals surface area contributed by atoms with Crippen LogP contribution in [0.3, 0.4) is 0 Å². The van der Waals surface area contributed by atoms with Crippen molar-refractivity contribution in [3.8, 4) is 5.75 Å². The topological polar surface area (TPSA) is 68.3 Å². The number of sulfonamides is 1. The lowest BCUT2D eigenvalue weighted by Crippen LogP contribution is -2.23. The molecule has 0 aliphatic carbocycles. The van der Waals surface area contributed by atoms with Crippen LogP contribution >= 0.6 is 0 Å². The Kier molecular flexibility index (Phi) is 4.78. The standard InChI is InChI=1S/C18H18N2O3S/c1-2-23-17-7-5-16-11-18(8-6-15(16)10-17)24(21,22)20-13-14-4-3-9-19-12-14/h3-12,20H,2,13H2,1H3. The van der Waals surface area contributed by atoms with E-state index in [1.165, 1.54) is 0 Å². The summed E-state index contributed by atoms with van der Waals surface area (Å²) in [7, 11) is -3.58. The molecular formula is C18H18N2O3S. The van der Waals surface area contributed by atoms with Gasteiger partial charge in [-0.25, -0.2) is 13.1 Å². The van der Waals surface area contributed by atoms with Crippen molar-refractivity contribution in [2.24, 2.45) is 0 Å². The van der Waals surface area contributed by atoms with Gasteiger partial charge in [0.2, 0.25) is 10.0 Å². The molecule has 0 saturated carbocycles. The van der Waals surface area contributed by atoms with Crippen molar-refractivity contribution in [1.82, 2.24) is 9.71 Å². The summed E-state index contributed by atoms with van der Waals surface area (Å²) in [5, 5.41) is 1.79. The number of nitrogens with zero attached hydrogens (tertiary/aromatic N) is 1. The second-order valence-corrected chi connectivity index (χ2v) is 7.06. The van der Waals surface area contributed by atoms with Crippen LogP contribution in [0.2, 0.25) is 0 Å². The van der Waals surface area contributed by atoms with Crippen molar-refractivity contribution in [2.75, 3.05) is 6.61 Å². The molecule has 0 spiro atoms. The van der Waals surface area contributed by atoms with Gasteiger partial charge in [-0.2, -0.15) is 0 Å².